The third-order valence-corrected chi connectivity index (χ3v) is 2.57. The van der Waals surface area contributed by atoms with E-state index in [0.717, 1.165) is 28.1 Å². The minimum absolute atomic E-state index is 0.491. The van der Waals surface area contributed by atoms with Crippen molar-refractivity contribution in [2.75, 3.05) is 0 Å². The molecule has 0 atom stereocenters. The van der Waals surface area contributed by atoms with Gasteiger partial charge in [-0.1, -0.05) is 12.1 Å². The molecule has 0 spiro atoms. The zero-order chi connectivity index (χ0) is 11.0. The van der Waals surface area contributed by atoms with Gasteiger partial charge in [0.1, 0.15) is 5.69 Å². The van der Waals surface area contributed by atoms with Crippen molar-refractivity contribution >= 4 is 11.0 Å². The maximum Gasteiger partial charge on any atom is 0.156 e. The lowest BCUT2D eigenvalue weighted by atomic mass is 10.2. The fraction of sp³-hybridized carbons (Fsp3) is 0.0909. The monoisotopic (exact) mass is 213 g/mol. The SMILES string of the molecule is NCc1cccc2[nH]c(-c3ccn[nH]3)nc12. The molecule has 16 heavy (non-hydrogen) atoms. The molecule has 0 fully saturated rings. The van der Waals surface area contributed by atoms with Gasteiger partial charge in [0.25, 0.3) is 0 Å². The van der Waals surface area contributed by atoms with E-state index in [1.165, 1.54) is 0 Å². The van der Waals surface area contributed by atoms with E-state index < -0.39 is 0 Å². The van der Waals surface area contributed by atoms with Crippen LogP contribution in [-0.4, -0.2) is 20.2 Å². The molecule has 5 nitrogen and oxygen atoms in total. The molecule has 0 unspecified atom stereocenters. The fourth-order valence-corrected chi connectivity index (χ4v) is 1.77. The van der Waals surface area contributed by atoms with E-state index in [9.17, 15) is 0 Å². The van der Waals surface area contributed by atoms with Crippen LogP contribution in [0.1, 0.15) is 5.56 Å². The topological polar surface area (TPSA) is 83.4 Å². The lowest BCUT2D eigenvalue weighted by molar-refractivity contribution is 1.07. The normalized spacial score (nSPS) is 11.1. The van der Waals surface area contributed by atoms with Crippen molar-refractivity contribution in [3.8, 4) is 11.5 Å². The Labute approximate surface area is 91.7 Å². The second kappa shape index (κ2) is 3.46. The van der Waals surface area contributed by atoms with E-state index >= 15 is 0 Å². The zero-order valence-electron chi connectivity index (χ0n) is 8.57. The maximum atomic E-state index is 5.67. The molecule has 3 aromatic rings. The van der Waals surface area contributed by atoms with Crippen molar-refractivity contribution in [1.29, 1.82) is 0 Å². The summed E-state index contributed by atoms with van der Waals surface area (Å²) in [4.78, 5) is 7.75. The fourth-order valence-electron chi connectivity index (χ4n) is 1.77. The van der Waals surface area contributed by atoms with Crippen LogP contribution >= 0.6 is 0 Å². The van der Waals surface area contributed by atoms with Crippen LogP contribution in [-0.2, 0) is 6.54 Å². The van der Waals surface area contributed by atoms with Crippen LogP contribution in [0.5, 0.6) is 0 Å². The molecule has 0 aliphatic rings. The summed E-state index contributed by atoms with van der Waals surface area (Å²) in [5.74, 6) is 0.786. The van der Waals surface area contributed by atoms with Gasteiger partial charge < -0.3 is 10.7 Å². The molecule has 2 heterocycles. The molecule has 5 heteroatoms. The second-order valence-electron chi connectivity index (χ2n) is 3.57. The Kier molecular flexibility index (Phi) is 1.97. The number of benzene rings is 1. The summed E-state index contributed by atoms with van der Waals surface area (Å²) in [7, 11) is 0. The van der Waals surface area contributed by atoms with Gasteiger partial charge in [0.2, 0.25) is 0 Å². The highest BCUT2D eigenvalue weighted by Gasteiger charge is 2.08. The summed E-state index contributed by atoms with van der Waals surface area (Å²) in [6.07, 6.45) is 1.70. The molecular weight excluding hydrogens is 202 g/mol. The first-order chi connectivity index (χ1) is 7.88. The first-order valence-electron chi connectivity index (χ1n) is 5.06. The molecule has 0 bridgehead atoms. The highest BCUT2D eigenvalue weighted by atomic mass is 15.1. The number of imidazole rings is 1. The Morgan fingerprint density at radius 2 is 2.19 bits per heavy atom. The van der Waals surface area contributed by atoms with Crippen LogP contribution in [0.15, 0.2) is 30.5 Å². The maximum absolute atomic E-state index is 5.67. The molecule has 0 aliphatic carbocycles. The molecule has 1 aromatic carbocycles. The number of nitrogens with zero attached hydrogens (tertiary/aromatic N) is 2. The number of hydrogen-bond acceptors (Lipinski definition) is 3. The van der Waals surface area contributed by atoms with Gasteiger partial charge in [0.15, 0.2) is 5.82 Å². The van der Waals surface area contributed by atoms with Crippen molar-refractivity contribution in [2.24, 2.45) is 5.73 Å². The molecule has 0 saturated heterocycles. The Bertz CT molecular complexity index is 608. The van der Waals surface area contributed by atoms with E-state index in [0.29, 0.717) is 6.54 Å². The van der Waals surface area contributed by atoms with Gasteiger partial charge in [-0.05, 0) is 17.7 Å². The van der Waals surface area contributed by atoms with Crippen LogP contribution in [0.2, 0.25) is 0 Å². The molecule has 80 valence electrons. The van der Waals surface area contributed by atoms with Gasteiger partial charge >= 0.3 is 0 Å². The van der Waals surface area contributed by atoms with E-state index in [4.69, 9.17) is 5.73 Å². The molecule has 4 N–H and O–H groups in total. The quantitative estimate of drug-likeness (QED) is 0.601. The van der Waals surface area contributed by atoms with Gasteiger partial charge in [-0.15, -0.1) is 0 Å². The number of para-hydroxylation sites is 1. The molecule has 3 rings (SSSR count). The van der Waals surface area contributed by atoms with Crippen LogP contribution in [0.3, 0.4) is 0 Å². The summed E-state index contributed by atoms with van der Waals surface area (Å²) in [6, 6.07) is 7.82. The number of aromatic nitrogens is 4. The van der Waals surface area contributed by atoms with E-state index in [1.54, 1.807) is 6.20 Å². The van der Waals surface area contributed by atoms with Crippen LogP contribution in [0.4, 0.5) is 0 Å². The van der Waals surface area contributed by atoms with Crippen LogP contribution in [0.25, 0.3) is 22.6 Å². The predicted octanol–water partition coefficient (Wildman–Crippen LogP) is 1.41. The molecule has 2 aromatic heterocycles. The summed E-state index contributed by atoms with van der Waals surface area (Å²) < 4.78 is 0. The Morgan fingerprint density at radius 3 is 2.94 bits per heavy atom. The van der Waals surface area contributed by atoms with Gasteiger partial charge in [0.05, 0.1) is 11.0 Å². The number of fused-ring (bicyclic) bond motifs is 1. The third kappa shape index (κ3) is 1.30. The molecule has 0 amide bonds. The first-order valence-corrected chi connectivity index (χ1v) is 5.06. The van der Waals surface area contributed by atoms with Crippen molar-refractivity contribution in [2.45, 2.75) is 6.54 Å². The summed E-state index contributed by atoms with van der Waals surface area (Å²) in [5, 5.41) is 6.78. The summed E-state index contributed by atoms with van der Waals surface area (Å²) >= 11 is 0. The standard InChI is InChI=1S/C11H11N5/c12-6-7-2-1-3-8-10(7)15-11(14-8)9-4-5-13-16-9/h1-5H,6,12H2,(H,13,16)(H,14,15). The smallest absolute Gasteiger partial charge is 0.156 e. The lowest BCUT2D eigenvalue weighted by Crippen LogP contribution is -1.96. The number of rotatable bonds is 2. The van der Waals surface area contributed by atoms with Crippen molar-refractivity contribution in [3.05, 3.63) is 36.0 Å². The predicted molar refractivity (Wildman–Crippen MR) is 61.6 cm³/mol. The van der Waals surface area contributed by atoms with Gasteiger partial charge in [-0.25, -0.2) is 4.98 Å². The van der Waals surface area contributed by atoms with Gasteiger partial charge in [0, 0.05) is 12.7 Å². The van der Waals surface area contributed by atoms with Gasteiger partial charge in [-0.2, -0.15) is 5.10 Å². The Balaban J connectivity index is 2.23. The number of nitrogens with two attached hydrogens (primary N) is 1. The third-order valence-electron chi connectivity index (χ3n) is 2.57. The lowest BCUT2D eigenvalue weighted by Gasteiger charge is -1.95. The highest BCUT2D eigenvalue weighted by Crippen LogP contribution is 2.20. The van der Waals surface area contributed by atoms with E-state index in [-0.39, 0.29) is 0 Å². The zero-order valence-corrected chi connectivity index (χ0v) is 8.57. The molecule has 0 aliphatic heterocycles. The van der Waals surface area contributed by atoms with Crippen molar-refractivity contribution in [1.82, 2.24) is 20.2 Å². The van der Waals surface area contributed by atoms with Crippen LogP contribution < -0.4 is 5.73 Å². The van der Waals surface area contributed by atoms with Gasteiger partial charge in [-0.3, -0.25) is 5.10 Å². The summed E-state index contributed by atoms with van der Waals surface area (Å²) in [6.45, 7) is 0.491. The molecule has 0 saturated carbocycles. The molecular formula is C11H11N5. The number of aromatic amines is 2. The Hall–Kier alpha value is -2.14. The summed E-state index contributed by atoms with van der Waals surface area (Å²) in [5.41, 5.74) is 9.50. The minimum Gasteiger partial charge on any atom is -0.337 e. The van der Waals surface area contributed by atoms with Crippen molar-refractivity contribution < 1.29 is 0 Å². The first kappa shape index (κ1) is 9.11. The average Bonchev–Trinajstić information content (AvgIpc) is 2.96. The van der Waals surface area contributed by atoms with E-state index in [1.807, 2.05) is 24.3 Å². The second-order valence-corrected chi connectivity index (χ2v) is 3.57. The van der Waals surface area contributed by atoms with Crippen molar-refractivity contribution in [3.63, 3.8) is 0 Å². The Morgan fingerprint density at radius 1 is 1.25 bits per heavy atom. The number of nitrogens with one attached hydrogen (secondary N) is 2. The molecule has 0 radical (unpaired) electrons. The highest BCUT2D eigenvalue weighted by molar-refractivity contribution is 5.81. The van der Waals surface area contributed by atoms with Crippen LogP contribution in [0, 0.1) is 0 Å². The largest absolute Gasteiger partial charge is 0.337 e. The number of H-pyrrole nitrogens is 2. The minimum atomic E-state index is 0.491. The van der Waals surface area contributed by atoms with E-state index in [2.05, 4.69) is 20.2 Å². The average molecular weight is 213 g/mol. The number of hydrogen-bond donors (Lipinski definition) is 3.